The second kappa shape index (κ2) is 4.07. The van der Waals surface area contributed by atoms with Crippen LogP contribution < -0.4 is 5.32 Å². The highest BCUT2D eigenvalue weighted by Gasteiger charge is 2.22. The fraction of sp³-hybridized carbons (Fsp3) is 1.00. The number of hydrogen-bond donors (Lipinski definition) is 2. The van der Waals surface area contributed by atoms with Crippen molar-refractivity contribution < 1.29 is 5.11 Å². The van der Waals surface area contributed by atoms with Crippen LogP contribution in [0.5, 0.6) is 0 Å². The summed E-state index contributed by atoms with van der Waals surface area (Å²) in [4.78, 5) is 0. The lowest BCUT2D eigenvalue weighted by molar-refractivity contribution is 0.183. The third-order valence-corrected chi connectivity index (χ3v) is 2.54. The van der Waals surface area contributed by atoms with Gasteiger partial charge in [-0.1, -0.05) is 13.3 Å². The van der Waals surface area contributed by atoms with Gasteiger partial charge >= 0.3 is 0 Å². The Morgan fingerprint density at radius 2 is 2.27 bits per heavy atom. The Morgan fingerprint density at radius 3 is 2.73 bits per heavy atom. The van der Waals surface area contributed by atoms with Gasteiger partial charge in [-0.15, -0.1) is 0 Å². The lowest BCUT2D eigenvalue weighted by Crippen LogP contribution is -2.35. The van der Waals surface area contributed by atoms with Crippen molar-refractivity contribution in [3.8, 4) is 0 Å². The molecule has 3 atom stereocenters. The van der Waals surface area contributed by atoms with E-state index in [0.29, 0.717) is 6.04 Å². The lowest BCUT2D eigenvalue weighted by atomic mass is 10.1. The van der Waals surface area contributed by atoms with Crippen LogP contribution >= 0.6 is 0 Å². The summed E-state index contributed by atoms with van der Waals surface area (Å²) in [6, 6.07) is 0.657. The molecule has 1 saturated carbocycles. The minimum absolute atomic E-state index is 0.206. The Hall–Kier alpha value is -0.0800. The molecule has 3 unspecified atom stereocenters. The van der Waals surface area contributed by atoms with Crippen LogP contribution in [0.15, 0.2) is 0 Å². The minimum Gasteiger partial charge on any atom is -0.392 e. The van der Waals surface area contributed by atoms with Crippen LogP contribution in [0.25, 0.3) is 0 Å². The van der Waals surface area contributed by atoms with E-state index in [-0.39, 0.29) is 6.10 Å². The maximum Gasteiger partial charge on any atom is 0.0636 e. The highest BCUT2D eigenvalue weighted by Crippen LogP contribution is 2.24. The second-order valence-corrected chi connectivity index (χ2v) is 3.77. The Balaban J connectivity index is 2.15. The number of nitrogens with one attached hydrogen (secondary N) is 1. The van der Waals surface area contributed by atoms with Gasteiger partial charge in [-0.2, -0.15) is 0 Å². The maximum atomic E-state index is 9.04. The first-order chi connectivity index (χ1) is 5.20. The first-order valence-corrected chi connectivity index (χ1v) is 4.61. The minimum atomic E-state index is -0.206. The van der Waals surface area contributed by atoms with Gasteiger partial charge in [0.15, 0.2) is 0 Å². The molecule has 2 heteroatoms. The van der Waals surface area contributed by atoms with Crippen molar-refractivity contribution in [2.45, 2.75) is 45.3 Å². The lowest BCUT2D eigenvalue weighted by Gasteiger charge is -2.17. The summed E-state index contributed by atoms with van der Waals surface area (Å²) in [5, 5.41) is 12.4. The molecule has 66 valence electrons. The predicted molar refractivity (Wildman–Crippen MR) is 46.5 cm³/mol. The summed E-state index contributed by atoms with van der Waals surface area (Å²) >= 11 is 0. The van der Waals surface area contributed by atoms with E-state index >= 15 is 0 Å². The van der Waals surface area contributed by atoms with Crippen LogP contribution in [0.3, 0.4) is 0 Å². The normalized spacial score (nSPS) is 34.1. The molecule has 0 amide bonds. The Kier molecular flexibility index (Phi) is 3.34. The van der Waals surface area contributed by atoms with Gasteiger partial charge in [0.2, 0.25) is 0 Å². The standard InChI is InChI=1S/C9H19NO/c1-7-4-3-5-9(7)10-6-8(2)11/h7-11H,3-6H2,1-2H3. The molecule has 2 nitrogen and oxygen atoms in total. The second-order valence-electron chi connectivity index (χ2n) is 3.77. The van der Waals surface area contributed by atoms with E-state index in [0.717, 1.165) is 12.5 Å². The largest absolute Gasteiger partial charge is 0.392 e. The van der Waals surface area contributed by atoms with Gasteiger partial charge in [0.05, 0.1) is 6.10 Å². The molecule has 1 aliphatic rings. The molecule has 0 aromatic carbocycles. The summed E-state index contributed by atoms with van der Waals surface area (Å²) < 4.78 is 0. The fourth-order valence-corrected chi connectivity index (χ4v) is 1.77. The predicted octanol–water partition coefficient (Wildman–Crippen LogP) is 1.15. The molecule has 0 saturated heterocycles. The molecule has 0 aliphatic heterocycles. The van der Waals surface area contributed by atoms with Crippen LogP contribution in [0.1, 0.15) is 33.1 Å². The van der Waals surface area contributed by atoms with Gasteiger partial charge in [0, 0.05) is 12.6 Å². The van der Waals surface area contributed by atoms with Crippen LogP contribution in [0.2, 0.25) is 0 Å². The third kappa shape index (κ3) is 2.80. The van der Waals surface area contributed by atoms with Crippen LogP contribution in [-0.4, -0.2) is 23.8 Å². The van der Waals surface area contributed by atoms with Crippen LogP contribution in [0.4, 0.5) is 0 Å². The molecule has 11 heavy (non-hydrogen) atoms. The van der Waals surface area contributed by atoms with E-state index in [2.05, 4.69) is 12.2 Å². The summed E-state index contributed by atoms with van der Waals surface area (Å²) in [6.45, 7) is 4.86. The van der Waals surface area contributed by atoms with Gasteiger partial charge in [-0.3, -0.25) is 0 Å². The molecule has 0 aromatic heterocycles. The molecule has 0 aromatic rings. The quantitative estimate of drug-likeness (QED) is 0.644. The average molecular weight is 157 g/mol. The summed E-state index contributed by atoms with van der Waals surface area (Å²) in [6.07, 6.45) is 3.77. The summed E-state index contributed by atoms with van der Waals surface area (Å²) in [5.41, 5.74) is 0. The van der Waals surface area contributed by atoms with Gasteiger partial charge < -0.3 is 10.4 Å². The van der Waals surface area contributed by atoms with Gasteiger partial charge in [-0.05, 0) is 25.7 Å². The molecule has 1 fully saturated rings. The third-order valence-electron chi connectivity index (χ3n) is 2.54. The SMILES string of the molecule is CC(O)CNC1CCCC1C. The van der Waals surface area contributed by atoms with Crippen LogP contribution in [0, 0.1) is 5.92 Å². The maximum absolute atomic E-state index is 9.04. The van der Waals surface area contributed by atoms with Crippen molar-refractivity contribution in [3.63, 3.8) is 0 Å². The first kappa shape index (κ1) is 9.01. The summed E-state index contributed by atoms with van der Waals surface area (Å²) in [7, 11) is 0. The van der Waals surface area contributed by atoms with Crippen molar-refractivity contribution in [2.24, 2.45) is 5.92 Å². The van der Waals surface area contributed by atoms with E-state index in [1.807, 2.05) is 6.92 Å². The van der Waals surface area contributed by atoms with Crippen molar-refractivity contribution in [1.82, 2.24) is 5.32 Å². The number of aliphatic hydroxyl groups is 1. The van der Waals surface area contributed by atoms with Crippen molar-refractivity contribution >= 4 is 0 Å². The van der Waals surface area contributed by atoms with E-state index in [1.54, 1.807) is 0 Å². The molecule has 0 radical (unpaired) electrons. The molecule has 0 bridgehead atoms. The first-order valence-electron chi connectivity index (χ1n) is 4.61. The molecule has 0 heterocycles. The molecular weight excluding hydrogens is 138 g/mol. The van der Waals surface area contributed by atoms with E-state index in [4.69, 9.17) is 5.11 Å². The molecule has 1 aliphatic carbocycles. The molecule has 1 rings (SSSR count). The zero-order valence-electron chi connectivity index (χ0n) is 7.51. The van der Waals surface area contributed by atoms with Crippen molar-refractivity contribution in [3.05, 3.63) is 0 Å². The topological polar surface area (TPSA) is 32.3 Å². The Labute approximate surface area is 69.0 Å². The monoisotopic (exact) mass is 157 g/mol. The summed E-state index contributed by atoms with van der Waals surface area (Å²) in [5.74, 6) is 0.800. The highest BCUT2D eigenvalue weighted by molar-refractivity contribution is 4.80. The van der Waals surface area contributed by atoms with Gasteiger partial charge in [0.1, 0.15) is 0 Å². The number of hydrogen-bond acceptors (Lipinski definition) is 2. The van der Waals surface area contributed by atoms with Crippen molar-refractivity contribution in [2.75, 3.05) is 6.54 Å². The highest BCUT2D eigenvalue weighted by atomic mass is 16.3. The Bertz CT molecular complexity index is 114. The number of aliphatic hydroxyl groups excluding tert-OH is 1. The van der Waals surface area contributed by atoms with Gasteiger partial charge in [0.25, 0.3) is 0 Å². The molecular formula is C9H19NO. The zero-order valence-corrected chi connectivity index (χ0v) is 7.51. The Morgan fingerprint density at radius 1 is 1.55 bits per heavy atom. The average Bonchev–Trinajstić information content (AvgIpc) is 2.31. The van der Waals surface area contributed by atoms with Crippen LogP contribution in [-0.2, 0) is 0 Å². The van der Waals surface area contributed by atoms with E-state index in [1.165, 1.54) is 19.3 Å². The van der Waals surface area contributed by atoms with Gasteiger partial charge in [-0.25, -0.2) is 0 Å². The zero-order chi connectivity index (χ0) is 8.27. The molecule has 0 spiro atoms. The van der Waals surface area contributed by atoms with Crippen molar-refractivity contribution in [1.29, 1.82) is 0 Å². The number of rotatable bonds is 3. The fourth-order valence-electron chi connectivity index (χ4n) is 1.77. The van der Waals surface area contributed by atoms with E-state index in [9.17, 15) is 0 Å². The smallest absolute Gasteiger partial charge is 0.0636 e. The molecule has 2 N–H and O–H groups in total. The van der Waals surface area contributed by atoms with E-state index < -0.39 is 0 Å².